The minimum Gasteiger partial charge on any atom is -0.496 e. The highest BCUT2D eigenvalue weighted by Crippen LogP contribution is 2.27. The summed E-state index contributed by atoms with van der Waals surface area (Å²) in [6, 6.07) is 12.9. The Bertz CT molecular complexity index is 1080. The lowest BCUT2D eigenvalue weighted by Crippen LogP contribution is -2.48. The number of benzene rings is 2. The van der Waals surface area contributed by atoms with Crippen LogP contribution in [0.2, 0.25) is 0 Å². The fourth-order valence-electron chi connectivity index (χ4n) is 3.54. The molecule has 1 saturated heterocycles. The van der Waals surface area contributed by atoms with Crippen LogP contribution in [0.25, 0.3) is 0 Å². The molecule has 0 unspecified atom stereocenters. The lowest BCUT2D eigenvalue weighted by molar-refractivity contribution is 0.0974. The van der Waals surface area contributed by atoms with E-state index in [4.69, 9.17) is 17.0 Å². The van der Waals surface area contributed by atoms with Gasteiger partial charge in [0, 0.05) is 26.2 Å². The first kappa shape index (κ1) is 23.0. The molecule has 10 heteroatoms. The molecule has 1 aliphatic rings. The monoisotopic (exact) mass is 462 g/mol. The van der Waals surface area contributed by atoms with E-state index in [0.29, 0.717) is 37.5 Å². The number of ether oxygens (including phenoxy) is 1. The van der Waals surface area contributed by atoms with Crippen LogP contribution >= 0.6 is 12.2 Å². The predicted molar refractivity (Wildman–Crippen MR) is 126 cm³/mol. The average Bonchev–Trinajstić information content (AvgIpc) is 2.73. The van der Waals surface area contributed by atoms with Gasteiger partial charge in [-0.2, -0.15) is 4.31 Å². The van der Waals surface area contributed by atoms with E-state index in [1.54, 1.807) is 12.1 Å². The third-order valence-electron chi connectivity index (χ3n) is 5.09. The Morgan fingerprint density at radius 2 is 1.74 bits per heavy atom. The van der Waals surface area contributed by atoms with E-state index >= 15 is 0 Å². The number of rotatable bonds is 5. The second-order valence-corrected chi connectivity index (χ2v) is 9.62. The molecule has 1 aliphatic heterocycles. The number of nitrogens with zero attached hydrogens (tertiary/aromatic N) is 2. The Balaban J connectivity index is 1.69. The van der Waals surface area contributed by atoms with Gasteiger partial charge in [0.15, 0.2) is 5.11 Å². The Kier molecular flexibility index (Phi) is 7.14. The van der Waals surface area contributed by atoms with Gasteiger partial charge in [-0.25, -0.2) is 8.42 Å². The average molecular weight is 463 g/mol. The molecule has 31 heavy (non-hydrogen) atoms. The fraction of sp³-hybridized carbons (Fsp3) is 0.333. The maximum absolute atomic E-state index is 12.7. The van der Waals surface area contributed by atoms with Crippen LogP contribution < -0.4 is 20.3 Å². The van der Waals surface area contributed by atoms with Crippen molar-refractivity contribution in [3.63, 3.8) is 0 Å². The predicted octanol–water partition coefficient (Wildman–Crippen LogP) is 2.21. The number of hydrogen-bond donors (Lipinski definition) is 2. The van der Waals surface area contributed by atoms with Gasteiger partial charge < -0.3 is 15.0 Å². The molecule has 2 N–H and O–H groups in total. The van der Waals surface area contributed by atoms with Crippen molar-refractivity contribution in [2.75, 3.05) is 49.8 Å². The van der Waals surface area contributed by atoms with Crippen molar-refractivity contribution in [2.24, 2.45) is 0 Å². The Morgan fingerprint density at radius 1 is 1.06 bits per heavy atom. The molecular formula is C21H26N4O4S2. The van der Waals surface area contributed by atoms with Crippen molar-refractivity contribution in [1.82, 2.24) is 9.62 Å². The Labute approximate surface area is 188 Å². The number of aryl methyl sites for hydroxylation is 1. The zero-order chi connectivity index (χ0) is 22.6. The summed E-state index contributed by atoms with van der Waals surface area (Å²) >= 11 is 5.36. The van der Waals surface area contributed by atoms with Gasteiger partial charge in [-0.1, -0.05) is 24.3 Å². The maximum atomic E-state index is 12.7. The standard InChI is InChI=1S/C21H26N4O4S2/c1-15-7-6-8-16(19(15)29-2)20(26)23-21(30)22-17-9-4-5-10-18(17)24-11-13-25(14-12-24)31(3,27)28/h4-10H,11-14H2,1-3H3,(H2,22,23,26,30). The van der Waals surface area contributed by atoms with Gasteiger partial charge in [0.1, 0.15) is 5.75 Å². The number of sulfonamides is 1. The van der Waals surface area contributed by atoms with Crippen LogP contribution in [0.5, 0.6) is 5.75 Å². The van der Waals surface area contributed by atoms with E-state index in [9.17, 15) is 13.2 Å². The topological polar surface area (TPSA) is 91.0 Å². The first-order chi connectivity index (χ1) is 14.7. The van der Waals surface area contributed by atoms with Gasteiger partial charge in [0.05, 0.1) is 30.3 Å². The molecule has 1 heterocycles. The molecule has 1 amide bonds. The number of piperazine rings is 1. The number of amides is 1. The van der Waals surface area contributed by atoms with Crippen molar-refractivity contribution < 1.29 is 17.9 Å². The van der Waals surface area contributed by atoms with Crippen LogP contribution in [0.4, 0.5) is 11.4 Å². The molecule has 0 spiro atoms. The van der Waals surface area contributed by atoms with Gasteiger partial charge in [-0.05, 0) is 42.9 Å². The third-order valence-corrected chi connectivity index (χ3v) is 6.60. The molecular weight excluding hydrogens is 436 g/mol. The second kappa shape index (κ2) is 9.63. The number of carbonyl (C=O) groups excluding carboxylic acids is 1. The summed E-state index contributed by atoms with van der Waals surface area (Å²) in [7, 11) is -1.67. The fourth-order valence-corrected chi connectivity index (χ4v) is 4.57. The van der Waals surface area contributed by atoms with Gasteiger partial charge in [-0.15, -0.1) is 0 Å². The number of methoxy groups -OCH3 is 1. The summed E-state index contributed by atoms with van der Waals surface area (Å²) in [6.45, 7) is 3.83. The molecule has 0 radical (unpaired) electrons. The molecule has 0 saturated carbocycles. The third kappa shape index (κ3) is 5.52. The number of carbonyl (C=O) groups is 1. The summed E-state index contributed by atoms with van der Waals surface area (Å²) < 4.78 is 30.3. The first-order valence-corrected chi connectivity index (χ1v) is 12.0. The van der Waals surface area contributed by atoms with E-state index in [1.165, 1.54) is 17.7 Å². The molecule has 166 valence electrons. The summed E-state index contributed by atoms with van der Waals surface area (Å²) in [5.74, 6) is 0.143. The summed E-state index contributed by atoms with van der Waals surface area (Å²) in [6.07, 6.45) is 1.22. The first-order valence-electron chi connectivity index (χ1n) is 9.75. The largest absolute Gasteiger partial charge is 0.496 e. The molecule has 2 aromatic rings. The van der Waals surface area contributed by atoms with Crippen molar-refractivity contribution in [3.8, 4) is 5.75 Å². The van der Waals surface area contributed by atoms with E-state index in [0.717, 1.165) is 16.9 Å². The molecule has 0 bridgehead atoms. The van der Waals surface area contributed by atoms with E-state index < -0.39 is 10.0 Å². The number of nitrogens with one attached hydrogen (secondary N) is 2. The second-order valence-electron chi connectivity index (χ2n) is 7.23. The summed E-state index contributed by atoms with van der Waals surface area (Å²) in [5, 5.41) is 5.95. The van der Waals surface area contributed by atoms with E-state index in [1.807, 2.05) is 37.3 Å². The highest BCUT2D eigenvalue weighted by Gasteiger charge is 2.25. The van der Waals surface area contributed by atoms with E-state index in [2.05, 4.69) is 15.5 Å². The number of anilines is 2. The van der Waals surface area contributed by atoms with Crippen molar-refractivity contribution >= 4 is 44.6 Å². The van der Waals surface area contributed by atoms with Crippen LogP contribution in [0.1, 0.15) is 15.9 Å². The quantitative estimate of drug-likeness (QED) is 0.659. The maximum Gasteiger partial charge on any atom is 0.261 e. The van der Waals surface area contributed by atoms with Crippen LogP contribution in [-0.2, 0) is 10.0 Å². The molecule has 3 rings (SSSR count). The van der Waals surface area contributed by atoms with Gasteiger partial charge in [-0.3, -0.25) is 10.1 Å². The number of thiocarbonyl (C=S) groups is 1. The number of para-hydroxylation sites is 3. The van der Waals surface area contributed by atoms with Crippen LogP contribution in [0.15, 0.2) is 42.5 Å². The minimum absolute atomic E-state index is 0.163. The SMILES string of the molecule is COc1c(C)cccc1C(=O)NC(=S)Nc1ccccc1N1CCN(S(C)(=O)=O)CC1. The zero-order valence-electron chi connectivity index (χ0n) is 17.7. The molecule has 1 fully saturated rings. The summed E-state index contributed by atoms with van der Waals surface area (Å²) in [5.41, 5.74) is 2.88. The number of hydrogen-bond acceptors (Lipinski definition) is 6. The normalized spacial score (nSPS) is 14.7. The molecule has 0 aliphatic carbocycles. The molecule has 0 atom stereocenters. The smallest absolute Gasteiger partial charge is 0.261 e. The van der Waals surface area contributed by atoms with Crippen LogP contribution in [0.3, 0.4) is 0 Å². The van der Waals surface area contributed by atoms with Crippen molar-refractivity contribution in [2.45, 2.75) is 6.92 Å². The van der Waals surface area contributed by atoms with Gasteiger partial charge >= 0.3 is 0 Å². The molecule has 2 aromatic carbocycles. The van der Waals surface area contributed by atoms with Crippen LogP contribution in [-0.4, -0.2) is 63.3 Å². The minimum atomic E-state index is -3.20. The molecule has 0 aromatic heterocycles. The van der Waals surface area contributed by atoms with E-state index in [-0.39, 0.29) is 11.0 Å². The lowest BCUT2D eigenvalue weighted by atomic mass is 10.1. The van der Waals surface area contributed by atoms with Gasteiger partial charge in [0.25, 0.3) is 5.91 Å². The lowest BCUT2D eigenvalue weighted by Gasteiger charge is -2.35. The van der Waals surface area contributed by atoms with Crippen molar-refractivity contribution in [1.29, 1.82) is 0 Å². The van der Waals surface area contributed by atoms with Crippen molar-refractivity contribution in [3.05, 3.63) is 53.6 Å². The Morgan fingerprint density at radius 3 is 2.39 bits per heavy atom. The van der Waals surface area contributed by atoms with Gasteiger partial charge in [0.2, 0.25) is 10.0 Å². The zero-order valence-corrected chi connectivity index (χ0v) is 19.3. The highest BCUT2D eigenvalue weighted by molar-refractivity contribution is 7.88. The Hall–Kier alpha value is -2.69. The van der Waals surface area contributed by atoms with Crippen LogP contribution in [0, 0.1) is 6.92 Å². The highest BCUT2D eigenvalue weighted by atomic mass is 32.2. The molecule has 8 nitrogen and oxygen atoms in total. The summed E-state index contributed by atoms with van der Waals surface area (Å²) in [4.78, 5) is 14.8.